The van der Waals surface area contributed by atoms with E-state index >= 15 is 0 Å². The van der Waals surface area contributed by atoms with Gasteiger partial charge in [-0.1, -0.05) is 30.3 Å². The Bertz CT molecular complexity index is 601. The maximum absolute atomic E-state index is 10.7. The molecule has 24 heavy (non-hydrogen) atoms. The number of rotatable bonds is 4. The van der Waals surface area contributed by atoms with Crippen LogP contribution in [0.25, 0.3) is 5.57 Å². The summed E-state index contributed by atoms with van der Waals surface area (Å²) in [4.78, 5) is 2.02. The zero-order chi connectivity index (χ0) is 19.1. The van der Waals surface area contributed by atoms with Gasteiger partial charge in [0.2, 0.25) is 0 Å². The minimum atomic E-state index is -10.7. The zero-order valence-electron chi connectivity index (χ0n) is 13.8. The van der Waals surface area contributed by atoms with Crippen LogP contribution in [-0.2, 0) is 0 Å². The molecule has 0 amide bonds. The molecule has 9 heteroatoms. The maximum atomic E-state index is 9.87. The van der Waals surface area contributed by atoms with Crippen molar-refractivity contribution in [2.45, 2.75) is 0 Å². The number of nitrogens with zero attached hydrogens (tertiary/aromatic N) is 2. The summed E-state index contributed by atoms with van der Waals surface area (Å²) < 4.78 is 61.3. The Morgan fingerprint density at radius 2 is 1.42 bits per heavy atom. The van der Waals surface area contributed by atoms with Crippen molar-refractivity contribution in [1.29, 1.82) is 0 Å². The summed E-state index contributed by atoms with van der Waals surface area (Å²) in [5, 5.41) is 0. The molecule has 0 N–H and O–H groups in total. The molecule has 0 spiro atoms. The molecule has 1 aromatic rings. The fourth-order valence-electron chi connectivity index (χ4n) is 1.44. The fourth-order valence-corrected chi connectivity index (χ4v) is 1.44. The molecule has 0 fully saturated rings. The van der Waals surface area contributed by atoms with Crippen molar-refractivity contribution in [3.63, 3.8) is 0 Å². The molecule has 0 aliphatic heterocycles. The number of hydrogen-bond acceptors (Lipinski definition) is 1. The first-order valence-electron chi connectivity index (χ1n) is 6.72. The van der Waals surface area contributed by atoms with Crippen molar-refractivity contribution in [2.75, 3.05) is 28.2 Å². The van der Waals surface area contributed by atoms with Crippen LogP contribution in [0.5, 0.6) is 0 Å². The van der Waals surface area contributed by atoms with Crippen molar-refractivity contribution in [3.8, 4) is 0 Å². The summed E-state index contributed by atoms with van der Waals surface area (Å²) in [7, 11) is -2.56. The normalized spacial score (nSPS) is 15.0. The van der Waals surface area contributed by atoms with Crippen LogP contribution in [0, 0.1) is 0 Å². The summed E-state index contributed by atoms with van der Waals surface area (Å²) in [6.45, 7) is 0. The monoisotopic (exact) mass is 374 g/mol. The summed E-state index contributed by atoms with van der Waals surface area (Å²) in [5.41, 5.74) is 2.43. The third-order valence-corrected chi connectivity index (χ3v) is 2.16. The predicted octanol–water partition coefficient (Wildman–Crippen LogP) is 5.87. The Morgan fingerprint density at radius 1 is 0.958 bits per heavy atom. The van der Waals surface area contributed by atoms with Gasteiger partial charge in [-0.15, -0.1) is 0 Å². The van der Waals surface area contributed by atoms with Crippen molar-refractivity contribution < 1.29 is 29.8 Å². The van der Waals surface area contributed by atoms with Crippen molar-refractivity contribution in [1.82, 2.24) is 4.90 Å². The van der Waals surface area contributed by atoms with Gasteiger partial charge in [-0.05, 0) is 23.9 Å². The molecule has 0 radical (unpaired) electrons. The molecule has 138 valence electrons. The third kappa shape index (κ3) is 18.2. The predicted molar refractivity (Wildman–Crippen MR) is 89.0 cm³/mol. The Hall–Kier alpha value is -1.82. The van der Waals surface area contributed by atoms with Gasteiger partial charge in [-0.25, -0.2) is 4.58 Å². The number of hydrogen-bond donors (Lipinski definition) is 0. The number of benzene rings is 1. The molecule has 0 atom stereocenters. The van der Waals surface area contributed by atoms with E-state index in [2.05, 4.69) is 47.2 Å². The molecule has 1 aromatic carbocycles. The van der Waals surface area contributed by atoms with Gasteiger partial charge in [-0.3, -0.25) is 0 Å². The molecular formula is C15H21F6N2P. The summed E-state index contributed by atoms with van der Waals surface area (Å²) in [6.07, 6.45) is 8.33. The van der Waals surface area contributed by atoms with Gasteiger partial charge in [0.25, 0.3) is 0 Å². The third-order valence-electron chi connectivity index (χ3n) is 2.16. The molecule has 0 aliphatic rings. The Morgan fingerprint density at radius 3 is 1.79 bits per heavy atom. The molecule has 2 nitrogen and oxygen atoms in total. The topological polar surface area (TPSA) is 6.25 Å². The van der Waals surface area contributed by atoms with Crippen LogP contribution in [0.4, 0.5) is 25.2 Å². The van der Waals surface area contributed by atoms with E-state index in [9.17, 15) is 25.2 Å². The van der Waals surface area contributed by atoms with Crippen LogP contribution < -0.4 is 0 Å². The van der Waals surface area contributed by atoms with Crippen molar-refractivity contribution >= 4 is 19.6 Å². The van der Waals surface area contributed by atoms with Crippen LogP contribution in [0.3, 0.4) is 0 Å². The van der Waals surface area contributed by atoms with Gasteiger partial charge >= 0.3 is 33.0 Å². The molecule has 0 saturated heterocycles. The quantitative estimate of drug-likeness (QED) is 0.210. The van der Waals surface area contributed by atoms with E-state index < -0.39 is 7.81 Å². The van der Waals surface area contributed by atoms with E-state index in [0.29, 0.717) is 0 Å². The first-order chi connectivity index (χ1) is 10.5. The number of halogens is 6. The van der Waals surface area contributed by atoms with Crippen LogP contribution in [-0.4, -0.2) is 43.9 Å². The van der Waals surface area contributed by atoms with E-state index in [1.807, 2.05) is 45.4 Å². The molecule has 0 heterocycles. The minimum absolute atomic E-state index is 1.20. The molecular weight excluding hydrogens is 353 g/mol. The van der Waals surface area contributed by atoms with Gasteiger partial charge in [0.05, 0.1) is 0 Å². The molecule has 0 aliphatic carbocycles. The summed E-state index contributed by atoms with van der Waals surface area (Å²) in [6, 6.07) is 10.4. The van der Waals surface area contributed by atoms with E-state index in [-0.39, 0.29) is 0 Å². The summed E-state index contributed by atoms with van der Waals surface area (Å²) in [5.74, 6) is 0. The van der Waals surface area contributed by atoms with Crippen molar-refractivity contribution in [3.05, 3.63) is 54.2 Å². The Labute approximate surface area is 137 Å². The molecule has 1 rings (SSSR count). The first kappa shape index (κ1) is 22.2. The summed E-state index contributed by atoms with van der Waals surface area (Å²) >= 11 is 0. The molecule has 0 bridgehead atoms. The average molecular weight is 374 g/mol. The first-order valence-corrected chi connectivity index (χ1v) is 8.75. The fraction of sp³-hybridized carbons (Fsp3) is 0.267. The van der Waals surface area contributed by atoms with E-state index in [1.54, 1.807) is 0 Å². The van der Waals surface area contributed by atoms with Crippen LogP contribution in [0.15, 0.2) is 48.7 Å². The molecule has 0 saturated carbocycles. The van der Waals surface area contributed by atoms with Gasteiger partial charge < -0.3 is 4.90 Å². The van der Waals surface area contributed by atoms with Crippen LogP contribution in [0.2, 0.25) is 0 Å². The van der Waals surface area contributed by atoms with Gasteiger partial charge in [0, 0.05) is 19.7 Å². The SMILES string of the molecule is CN(C)/C=C/C=C(/C=[N+](C)C)c1ccccc1.F[P-](F)(F)(F)(F)F. The van der Waals surface area contributed by atoms with E-state index in [0.717, 1.165) is 0 Å². The Kier molecular flexibility index (Phi) is 6.82. The second-order valence-corrected chi connectivity index (χ2v) is 7.26. The Balaban J connectivity index is 0.000000640. The second-order valence-electron chi connectivity index (χ2n) is 5.34. The van der Waals surface area contributed by atoms with Gasteiger partial charge in [0.1, 0.15) is 14.1 Å². The van der Waals surface area contributed by atoms with Crippen LogP contribution >= 0.6 is 7.81 Å². The van der Waals surface area contributed by atoms with Gasteiger partial charge in [0.15, 0.2) is 6.21 Å². The number of allylic oxidation sites excluding steroid dienone is 3. The second kappa shape index (κ2) is 7.38. The standard InChI is InChI=1S/C15H21N2.F6P/c1-16(2)12-8-11-15(13-17(3)4)14-9-6-5-7-10-14;1-7(2,3,4,5)6/h5-13H,1-4H3;/q+1;-1. The van der Waals surface area contributed by atoms with Crippen LogP contribution in [0.1, 0.15) is 5.56 Å². The van der Waals surface area contributed by atoms with E-state index in [4.69, 9.17) is 0 Å². The van der Waals surface area contributed by atoms with Crippen molar-refractivity contribution in [2.24, 2.45) is 0 Å². The average Bonchev–Trinajstić information content (AvgIpc) is 2.34. The molecule has 0 unspecified atom stereocenters. The zero-order valence-corrected chi connectivity index (χ0v) is 14.7. The van der Waals surface area contributed by atoms with Gasteiger partial charge in [-0.2, -0.15) is 0 Å². The molecule has 0 aromatic heterocycles. The van der Waals surface area contributed by atoms with E-state index in [1.165, 1.54) is 11.1 Å².